The number of anilines is 1. The molecule has 0 amide bonds. The average molecular weight is 384 g/mol. The Bertz CT molecular complexity index is 1030. The number of hydrogen-bond acceptors (Lipinski definition) is 4. The maximum atomic E-state index is 13.2. The van der Waals surface area contributed by atoms with Crippen LogP contribution in [-0.2, 0) is 6.42 Å². The second-order valence-corrected chi connectivity index (χ2v) is 7.16. The summed E-state index contributed by atoms with van der Waals surface area (Å²) in [5.41, 5.74) is 3.17. The predicted octanol–water partition coefficient (Wildman–Crippen LogP) is 5.81. The number of hydrogen-bond donors (Lipinski definition) is 1. The molecule has 0 spiro atoms. The molecule has 4 aromatic rings. The molecular weight excluding hydrogens is 369 g/mol. The minimum atomic E-state index is -0.245. The van der Waals surface area contributed by atoms with Crippen molar-refractivity contribution in [2.75, 3.05) is 11.9 Å². The van der Waals surface area contributed by atoms with Crippen molar-refractivity contribution in [3.05, 3.63) is 76.6 Å². The summed E-state index contributed by atoms with van der Waals surface area (Å²) in [6.45, 7) is 0.743. The van der Waals surface area contributed by atoms with Crippen molar-refractivity contribution in [2.45, 2.75) is 6.42 Å². The molecule has 6 heteroatoms. The Hall–Kier alpha value is -2.50. The summed E-state index contributed by atoms with van der Waals surface area (Å²) in [5, 5.41) is 7.16. The second-order valence-electron chi connectivity index (χ2n) is 5.86. The van der Waals surface area contributed by atoms with Crippen LogP contribution in [0.1, 0.15) is 5.56 Å². The van der Waals surface area contributed by atoms with Gasteiger partial charge < -0.3 is 5.32 Å². The van der Waals surface area contributed by atoms with Crippen molar-refractivity contribution in [1.82, 2.24) is 9.97 Å². The molecule has 130 valence electrons. The summed E-state index contributed by atoms with van der Waals surface area (Å²) < 4.78 is 13.2. The van der Waals surface area contributed by atoms with Gasteiger partial charge in [-0.05, 0) is 41.8 Å². The first-order chi connectivity index (χ1) is 12.7. The summed E-state index contributed by atoms with van der Waals surface area (Å²) in [4.78, 5) is 9.69. The van der Waals surface area contributed by atoms with Gasteiger partial charge in [0, 0.05) is 22.5 Å². The van der Waals surface area contributed by atoms with Crippen LogP contribution in [0.3, 0.4) is 0 Å². The van der Waals surface area contributed by atoms with E-state index in [1.54, 1.807) is 29.8 Å². The van der Waals surface area contributed by atoms with Crippen LogP contribution in [0.4, 0.5) is 10.2 Å². The topological polar surface area (TPSA) is 37.8 Å². The van der Waals surface area contributed by atoms with Crippen LogP contribution >= 0.6 is 22.9 Å². The number of rotatable bonds is 5. The first-order valence-electron chi connectivity index (χ1n) is 8.17. The van der Waals surface area contributed by atoms with Gasteiger partial charge in [0.15, 0.2) is 0 Å². The van der Waals surface area contributed by atoms with Crippen LogP contribution < -0.4 is 5.32 Å². The molecule has 26 heavy (non-hydrogen) atoms. The van der Waals surface area contributed by atoms with E-state index in [1.807, 2.05) is 29.6 Å². The molecule has 0 aliphatic carbocycles. The predicted molar refractivity (Wildman–Crippen MR) is 106 cm³/mol. The van der Waals surface area contributed by atoms with E-state index in [9.17, 15) is 4.39 Å². The number of nitrogens with one attached hydrogen (secondary N) is 1. The SMILES string of the molecule is Fc1ccc(-c2csc3ncnc(NCCc4ccc(Cl)cc4)c23)cc1. The molecule has 2 aromatic carbocycles. The maximum absolute atomic E-state index is 13.2. The molecule has 4 rings (SSSR count). The Morgan fingerprint density at radius 2 is 1.77 bits per heavy atom. The van der Waals surface area contributed by atoms with Gasteiger partial charge in [-0.1, -0.05) is 35.9 Å². The van der Waals surface area contributed by atoms with E-state index in [1.165, 1.54) is 17.7 Å². The van der Waals surface area contributed by atoms with Crippen LogP contribution in [0, 0.1) is 5.82 Å². The maximum Gasteiger partial charge on any atom is 0.138 e. The van der Waals surface area contributed by atoms with E-state index in [0.29, 0.717) is 0 Å². The smallest absolute Gasteiger partial charge is 0.138 e. The number of aromatic nitrogens is 2. The standard InChI is InChI=1S/C20H15ClFN3S/c21-15-5-1-13(2-6-15)9-10-23-19-18-17(11-26-20(18)25-12-24-19)14-3-7-16(22)8-4-14/h1-8,11-12H,9-10H2,(H,23,24,25). The lowest BCUT2D eigenvalue weighted by molar-refractivity contribution is 0.628. The highest BCUT2D eigenvalue weighted by Gasteiger charge is 2.13. The van der Waals surface area contributed by atoms with Crippen LogP contribution in [0.2, 0.25) is 5.02 Å². The minimum Gasteiger partial charge on any atom is -0.369 e. The molecule has 0 saturated carbocycles. The molecule has 1 N–H and O–H groups in total. The van der Waals surface area contributed by atoms with Gasteiger partial charge in [0.25, 0.3) is 0 Å². The fourth-order valence-corrected chi connectivity index (χ4v) is 3.87. The first-order valence-corrected chi connectivity index (χ1v) is 9.43. The normalized spacial score (nSPS) is 11.0. The number of fused-ring (bicyclic) bond motifs is 1. The molecule has 2 aromatic heterocycles. The van der Waals surface area contributed by atoms with Gasteiger partial charge in [-0.2, -0.15) is 0 Å². The Kier molecular flexibility index (Phi) is 4.82. The van der Waals surface area contributed by atoms with Crippen LogP contribution in [0.25, 0.3) is 21.3 Å². The van der Waals surface area contributed by atoms with Crippen molar-refractivity contribution in [3.8, 4) is 11.1 Å². The van der Waals surface area contributed by atoms with E-state index < -0.39 is 0 Å². The zero-order valence-corrected chi connectivity index (χ0v) is 15.3. The summed E-state index contributed by atoms with van der Waals surface area (Å²) >= 11 is 7.48. The summed E-state index contributed by atoms with van der Waals surface area (Å²) in [5.74, 6) is 0.551. The van der Waals surface area contributed by atoms with Gasteiger partial charge in [0.1, 0.15) is 22.8 Å². The van der Waals surface area contributed by atoms with E-state index in [0.717, 1.165) is 45.1 Å². The van der Waals surface area contributed by atoms with Crippen molar-refractivity contribution in [1.29, 1.82) is 0 Å². The minimum absolute atomic E-state index is 0.245. The summed E-state index contributed by atoms with van der Waals surface area (Å²) in [6.07, 6.45) is 2.43. The average Bonchev–Trinajstić information content (AvgIpc) is 3.09. The molecule has 0 aliphatic heterocycles. The van der Waals surface area contributed by atoms with Gasteiger partial charge >= 0.3 is 0 Å². The highest BCUT2D eigenvalue weighted by molar-refractivity contribution is 7.17. The van der Waals surface area contributed by atoms with Gasteiger partial charge in [-0.25, -0.2) is 14.4 Å². The number of thiophene rings is 1. The Morgan fingerprint density at radius 3 is 2.54 bits per heavy atom. The third-order valence-corrected chi connectivity index (χ3v) is 5.28. The largest absolute Gasteiger partial charge is 0.369 e. The number of benzene rings is 2. The van der Waals surface area contributed by atoms with Gasteiger partial charge in [0.2, 0.25) is 0 Å². The molecule has 0 unspecified atom stereocenters. The van der Waals surface area contributed by atoms with E-state index in [4.69, 9.17) is 11.6 Å². The van der Waals surface area contributed by atoms with E-state index in [-0.39, 0.29) is 5.82 Å². The van der Waals surface area contributed by atoms with Crippen LogP contribution in [0.5, 0.6) is 0 Å². The van der Waals surface area contributed by atoms with E-state index >= 15 is 0 Å². The second kappa shape index (κ2) is 7.40. The number of nitrogens with zero attached hydrogens (tertiary/aromatic N) is 2. The molecule has 0 saturated heterocycles. The van der Waals surface area contributed by atoms with Gasteiger partial charge in [-0.3, -0.25) is 0 Å². The molecule has 0 aliphatic rings. The Morgan fingerprint density at radius 1 is 1.00 bits per heavy atom. The van der Waals surface area contributed by atoms with Crippen molar-refractivity contribution >= 4 is 39.0 Å². The van der Waals surface area contributed by atoms with Crippen LogP contribution in [-0.4, -0.2) is 16.5 Å². The fourth-order valence-electron chi connectivity index (χ4n) is 2.83. The highest BCUT2D eigenvalue weighted by Crippen LogP contribution is 2.36. The monoisotopic (exact) mass is 383 g/mol. The zero-order chi connectivity index (χ0) is 17.9. The van der Waals surface area contributed by atoms with Gasteiger partial charge in [-0.15, -0.1) is 11.3 Å². The van der Waals surface area contributed by atoms with Crippen molar-refractivity contribution in [2.24, 2.45) is 0 Å². The lowest BCUT2D eigenvalue weighted by Crippen LogP contribution is -2.07. The Balaban J connectivity index is 1.59. The Labute approximate surface area is 159 Å². The zero-order valence-electron chi connectivity index (χ0n) is 13.7. The summed E-state index contributed by atoms with van der Waals surface area (Å²) in [6, 6.07) is 14.3. The molecule has 0 bridgehead atoms. The van der Waals surface area contributed by atoms with Crippen molar-refractivity contribution in [3.63, 3.8) is 0 Å². The molecular formula is C20H15ClFN3S. The third kappa shape index (κ3) is 3.54. The quantitative estimate of drug-likeness (QED) is 0.473. The lowest BCUT2D eigenvalue weighted by Gasteiger charge is -2.09. The highest BCUT2D eigenvalue weighted by atomic mass is 35.5. The first kappa shape index (κ1) is 16.9. The molecule has 0 fully saturated rings. The molecule has 0 atom stereocenters. The van der Waals surface area contributed by atoms with Crippen LogP contribution in [0.15, 0.2) is 60.2 Å². The van der Waals surface area contributed by atoms with E-state index in [2.05, 4.69) is 15.3 Å². The van der Waals surface area contributed by atoms with Gasteiger partial charge in [0.05, 0.1) is 5.39 Å². The third-order valence-electron chi connectivity index (χ3n) is 4.14. The summed E-state index contributed by atoms with van der Waals surface area (Å²) in [7, 11) is 0. The number of halogens is 2. The fraction of sp³-hybridized carbons (Fsp3) is 0.100. The molecule has 3 nitrogen and oxygen atoms in total. The molecule has 2 heterocycles. The lowest BCUT2D eigenvalue weighted by atomic mass is 10.1. The molecule has 0 radical (unpaired) electrons. The van der Waals surface area contributed by atoms with Crippen molar-refractivity contribution < 1.29 is 4.39 Å².